The number of aliphatic carboxylic acids is 1. The standard InChI is InChI=1S/C10H16O3/c1-2-10(9(11)12)5-6-13-8(10)7-3-4-7/h7-8H,2-6H2,1H3,(H,11,12). The lowest BCUT2D eigenvalue weighted by Crippen LogP contribution is -2.39. The van der Waals surface area contributed by atoms with Crippen LogP contribution in [0.25, 0.3) is 0 Å². The number of carbonyl (C=O) groups is 1. The summed E-state index contributed by atoms with van der Waals surface area (Å²) >= 11 is 0. The summed E-state index contributed by atoms with van der Waals surface area (Å²) in [5, 5.41) is 9.23. The summed E-state index contributed by atoms with van der Waals surface area (Å²) in [7, 11) is 0. The minimum absolute atomic E-state index is 0.00463. The van der Waals surface area contributed by atoms with Crippen LogP contribution in [-0.4, -0.2) is 23.8 Å². The topological polar surface area (TPSA) is 46.5 Å². The Balaban J connectivity index is 2.20. The molecule has 0 aromatic rings. The van der Waals surface area contributed by atoms with E-state index in [1.165, 1.54) is 0 Å². The van der Waals surface area contributed by atoms with E-state index >= 15 is 0 Å². The van der Waals surface area contributed by atoms with Gasteiger partial charge in [0.1, 0.15) is 0 Å². The van der Waals surface area contributed by atoms with Crippen LogP contribution < -0.4 is 0 Å². The van der Waals surface area contributed by atoms with E-state index in [0.29, 0.717) is 25.4 Å². The second-order valence-corrected chi connectivity index (χ2v) is 4.19. The van der Waals surface area contributed by atoms with Crippen LogP contribution in [0.15, 0.2) is 0 Å². The Labute approximate surface area is 78.1 Å². The van der Waals surface area contributed by atoms with Crippen LogP contribution in [0.1, 0.15) is 32.6 Å². The molecule has 1 N–H and O–H groups in total. The number of carboxylic acid groups (broad SMARTS) is 1. The summed E-state index contributed by atoms with van der Waals surface area (Å²) < 4.78 is 5.56. The number of carboxylic acids is 1. The number of rotatable bonds is 3. The monoisotopic (exact) mass is 184 g/mol. The van der Waals surface area contributed by atoms with Gasteiger partial charge >= 0.3 is 5.97 Å². The SMILES string of the molecule is CCC1(C(=O)O)CCOC1C1CC1. The second-order valence-electron chi connectivity index (χ2n) is 4.19. The van der Waals surface area contributed by atoms with Crippen molar-refractivity contribution in [2.45, 2.75) is 38.7 Å². The first-order valence-corrected chi connectivity index (χ1v) is 5.05. The molecular formula is C10H16O3. The van der Waals surface area contributed by atoms with Gasteiger partial charge in [-0.2, -0.15) is 0 Å². The average molecular weight is 184 g/mol. The highest BCUT2D eigenvalue weighted by Crippen LogP contribution is 2.49. The van der Waals surface area contributed by atoms with E-state index in [2.05, 4.69) is 0 Å². The van der Waals surface area contributed by atoms with Gasteiger partial charge in [0.25, 0.3) is 0 Å². The second kappa shape index (κ2) is 2.98. The van der Waals surface area contributed by atoms with E-state index in [4.69, 9.17) is 4.74 Å². The van der Waals surface area contributed by atoms with Gasteiger partial charge in [-0.25, -0.2) is 0 Å². The molecule has 0 amide bonds. The largest absolute Gasteiger partial charge is 0.481 e. The maximum Gasteiger partial charge on any atom is 0.312 e. The molecule has 1 saturated heterocycles. The molecule has 3 nitrogen and oxygen atoms in total. The van der Waals surface area contributed by atoms with E-state index in [0.717, 1.165) is 12.8 Å². The Morgan fingerprint density at radius 1 is 1.62 bits per heavy atom. The van der Waals surface area contributed by atoms with E-state index < -0.39 is 11.4 Å². The zero-order valence-electron chi connectivity index (χ0n) is 7.95. The summed E-state index contributed by atoms with van der Waals surface area (Å²) in [6, 6.07) is 0. The highest BCUT2D eigenvalue weighted by molar-refractivity contribution is 5.76. The molecule has 2 fully saturated rings. The molecule has 2 atom stereocenters. The lowest BCUT2D eigenvalue weighted by atomic mass is 9.77. The van der Waals surface area contributed by atoms with Gasteiger partial charge in [-0.3, -0.25) is 4.79 Å². The molecule has 13 heavy (non-hydrogen) atoms. The van der Waals surface area contributed by atoms with E-state index in [-0.39, 0.29) is 6.10 Å². The van der Waals surface area contributed by atoms with Crippen molar-refractivity contribution in [2.75, 3.05) is 6.61 Å². The van der Waals surface area contributed by atoms with E-state index in [1.807, 2.05) is 6.92 Å². The first kappa shape index (κ1) is 9.00. The van der Waals surface area contributed by atoms with Crippen molar-refractivity contribution in [1.29, 1.82) is 0 Å². The van der Waals surface area contributed by atoms with Crippen LogP contribution in [-0.2, 0) is 9.53 Å². The summed E-state index contributed by atoms with van der Waals surface area (Å²) in [6.45, 7) is 2.58. The first-order valence-electron chi connectivity index (χ1n) is 5.05. The lowest BCUT2D eigenvalue weighted by Gasteiger charge is -2.28. The Bertz CT molecular complexity index is 222. The average Bonchev–Trinajstić information content (AvgIpc) is 2.85. The zero-order valence-corrected chi connectivity index (χ0v) is 7.95. The molecule has 0 spiro atoms. The molecule has 2 rings (SSSR count). The van der Waals surface area contributed by atoms with Crippen LogP contribution in [0.2, 0.25) is 0 Å². The first-order chi connectivity index (χ1) is 6.20. The van der Waals surface area contributed by atoms with Crippen molar-refractivity contribution >= 4 is 5.97 Å². The van der Waals surface area contributed by atoms with Crippen LogP contribution >= 0.6 is 0 Å². The van der Waals surface area contributed by atoms with Crippen molar-refractivity contribution in [3.8, 4) is 0 Å². The maximum absolute atomic E-state index is 11.2. The molecule has 2 aliphatic rings. The van der Waals surface area contributed by atoms with E-state index in [1.54, 1.807) is 0 Å². The Hall–Kier alpha value is -0.570. The smallest absolute Gasteiger partial charge is 0.312 e. The molecule has 0 aromatic heterocycles. The fraction of sp³-hybridized carbons (Fsp3) is 0.900. The van der Waals surface area contributed by atoms with Crippen LogP contribution in [0.4, 0.5) is 0 Å². The molecule has 74 valence electrons. The van der Waals surface area contributed by atoms with Crippen molar-refractivity contribution in [3.05, 3.63) is 0 Å². The number of ether oxygens (including phenoxy) is 1. The van der Waals surface area contributed by atoms with Gasteiger partial charge in [0, 0.05) is 6.61 Å². The third-order valence-corrected chi connectivity index (χ3v) is 3.50. The number of hydrogen-bond acceptors (Lipinski definition) is 2. The molecule has 0 aromatic carbocycles. The van der Waals surface area contributed by atoms with Gasteiger partial charge in [0.05, 0.1) is 11.5 Å². The Morgan fingerprint density at radius 2 is 2.31 bits per heavy atom. The minimum Gasteiger partial charge on any atom is -0.481 e. The molecule has 1 aliphatic carbocycles. The van der Waals surface area contributed by atoms with Crippen molar-refractivity contribution in [2.24, 2.45) is 11.3 Å². The van der Waals surface area contributed by atoms with Crippen LogP contribution in [0, 0.1) is 11.3 Å². The predicted molar refractivity (Wildman–Crippen MR) is 47.4 cm³/mol. The fourth-order valence-electron chi connectivity index (χ4n) is 2.41. The normalized spacial score (nSPS) is 39.3. The maximum atomic E-state index is 11.2. The lowest BCUT2D eigenvalue weighted by molar-refractivity contribution is -0.153. The highest BCUT2D eigenvalue weighted by atomic mass is 16.5. The third-order valence-electron chi connectivity index (χ3n) is 3.50. The summed E-state index contributed by atoms with van der Waals surface area (Å²) in [4.78, 5) is 11.2. The van der Waals surface area contributed by atoms with Gasteiger partial charge in [0.2, 0.25) is 0 Å². The van der Waals surface area contributed by atoms with Gasteiger partial charge in [-0.05, 0) is 31.6 Å². The highest BCUT2D eigenvalue weighted by Gasteiger charge is 2.54. The van der Waals surface area contributed by atoms with Gasteiger partial charge in [-0.1, -0.05) is 6.92 Å². The van der Waals surface area contributed by atoms with Crippen LogP contribution in [0.3, 0.4) is 0 Å². The van der Waals surface area contributed by atoms with E-state index in [9.17, 15) is 9.90 Å². The molecule has 1 aliphatic heterocycles. The number of hydrogen-bond donors (Lipinski definition) is 1. The molecule has 0 bridgehead atoms. The summed E-state index contributed by atoms with van der Waals surface area (Å²) in [5.41, 5.74) is -0.568. The zero-order chi connectivity index (χ0) is 9.47. The quantitative estimate of drug-likeness (QED) is 0.725. The fourth-order valence-corrected chi connectivity index (χ4v) is 2.41. The molecule has 1 heterocycles. The Morgan fingerprint density at radius 3 is 2.77 bits per heavy atom. The van der Waals surface area contributed by atoms with Crippen molar-refractivity contribution in [3.63, 3.8) is 0 Å². The minimum atomic E-state index is -0.663. The van der Waals surface area contributed by atoms with Gasteiger partial charge < -0.3 is 9.84 Å². The molecule has 2 unspecified atom stereocenters. The Kier molecular flexibility index (Phi) is 2.06. The molecular weight excluding hydrogens is 168 g/mol. The van der Waals surface area contributed by atoms with Crippen molar-refractivity contribution in [1.82, 2.24) is 0 Å². The van der Waals surface area contributed by atoms with Gasteiger partial charge in [-0.15, -0.1) is 0 Å². The van der Waals surface area contributed by atoms with Crippen LogP contribution in [0.5, 0.6) is 0 Å². The third kappa shape index (κ3) is 1.26. The molecule has 3 heteroatoms. The molecule has 1 saturated carbocycles. The summed E-state index contributed by atoms with van der Waals surface area (Å²) in [6.07, 6.45) is 3.69. The van der Waals surface area contributed by atoms with Crippen molar-refractivity contribution < 1.29 is 14.6 Å². The van der Waals surface area contributed by atoms with Gasteiger partial charge in [0.15, 0.2) is 0 Å². The summed E-state index contributed by atoms with van der Waals surface area (Å²) in [5.74, 6) is -0.136. The molecule has 0 radical (unpaired) electrons. The predicted octanol–water partition coefficient (Wildman–Crippen LogP) is 1.67.